The number of hydrogen-bond acceptors (Lipinski definition) is 12. The van der Waals surface area contributed by atoms with Crippen molar-refractivity contribution in [3.05, 3.63) is 173 Å². The third kappa shape index (κ3) is 8.40. The molecule has 2 amide bonds. The zero-order chi connectivity index (χ0) is 44.4. The summed E-state index contributed by atoms with van der Waals surface area (Å²) < 4.78 is 16.2. The van der Waals surface area contributed by atoms with Crippen molar-refractivity contribution in [2.45, 2.75) is 12.8 Å². The fourth-order valence-corrected chi connectivity index (χ4v) is 7.54. The van der Waals surface area contributed by atoms with Gasteiger partial charge in [-0.15, -0.1) is 0 Å². The first kappa shape index (κ1) is 41.4. The Labute approximate surface area is 359 Å². The van der Waals surface area contributed by atoms with E-state index in [1.54, 1.807) is 74.8 Å². The minimum absolute atomic E-state index is 0.0260. The van der Waals surface area contributed by atoms with Gasteiger partial charge in [0.25, 0.3) is 0 Å². The van der Waals surface area contributed by atoms with Crippen molar-refractivity contribution in [2.75, 3.05) is 24.4 Å². The quantitative estimate of drug-likeness (QED) is 0.0297. The van der Waals surface area contributed by atoms with Crippen molar-refractivity contribution in [3.63, 3.8) is 0 Å². The Hall–Kier alpha value is -8.32. The summed E-state index contributed by atoms with van der Waals surface area (Å²) in [5.74, 6) is -7.20. The lowest BCUT2D eigenvalue weighted by molar-refractivity contribution is -0.122. The van der Waals surface area contributed by atoms with Gasteiger partial charge in [0.05, 0.1) is 35.8 Å². The number of fused-ring (bicyclic) bond motifs is 2. The molecular formula is C50H36N2O11. The van der Waals surface area contributed by atoms with Crippen molar-refractivity contribution in [2.24, 2.45) is 11.8 Å². The molecule has 1 N–H and O–H groups in total. The van der Waals surface area contributed by atoms with Crippen LogP contribution in [0.15, 0.2) is 140 Å². The average Bonchev–Trinajstić information content (AvgIpc) is 3.58. The fourth-order valence-electron chi connectivity index (χ4n) is 7.54. The van der Waals surface area contributed by atoms with E-state index in [1.807, 2.05) is 12.1 Å². The number of esters is 2. The van der Waals surface area contributed by atoms with Crippen LogP contribution in [-0.4, -0.2) is 61.0 Å². The van der Waals surface area contributed by atoms with Crippen molar-refractivity contribution in [3.8, 4) is 17.2 Å². The van der Waals surface area contributed by atoms with Gasteiger partial charge in [0.2, 0.25) is 34.9 Å². The molecule has 1 aliphatic carbocycles. The maximum absolute atomic E-state index is 14.0. The fraction of sp³-hybridized carbons (Fsp3) is 0.120. The molecule has 2 atom stereocenters. The molecule has 0 saturated carbocycles. The van der Waals surface area contributed by atoms with Gasteiger partial charge >= 0.3 is 11.9 Å². The lowest BCUT2D eigenvalue weighted by atomic mass is 9.85. The second-order valence-electron chi connectivity index (χ2n) is 14.8. The Morgan fingerprint density at radius 2 is 0.968 bits per heavy atom. The monoisotopic (exact) mass is 840 g/mol. The number of ketones is 4. The maximum Gasteiger partial charge on any atom is 0.343 e. The molecule has 6 aromatic carbocycles. The highest BCUT2D eigenvalue weighted by molar-refractivity contribution is 6.51. The van der Waals surface area contributed by atoms with E-state index in [0.29, 0.717) is 18.6 Å². The standard InChI is InChI=1S/C50H36N2O11/c1-51-36-15-20-39(21-16-36)63-49(59)32-7-5-6-31(23-32)44(54)46(56)35-24-34(25-37(26-35)52-47(57)41-8-3-4-9-42(41)48(52)58)45(55)43(53)28-12-17-38(18-13-28)62-50(60)33-11-10-30-27-40(61-2)19-14-29(30)22-33/h3-7,10-27,41-42,51H,8-9H2,1-2H3. The number of Topliss-reactive ketones (excluding diaryl/α,β-unsaturated/α-hetero) is 4. The van der Waals surface area contributed by atoms with Gasteiger partial charge in [0, 0.05) is 35.0 Å². The number of hydrogen-bond donors (Lipinski definition) is 1. The summed E-state index contributed by atoms with van der Waals surface area (Å²) in [4.78, 5) is 110. The summed E-state index contributed by atoms with van der Waals surface area (Å²) in [5, 5.41) is 4.61. The summed E-state index contributed by atoms with van der Waals surface area (Å²) in [6.07, 6.45) is 4.24. The lowest BCUT2D eigenvalue weighted by Crippen LogP contribution is -2.31. The highest BCUT2D eigenvalue weighted by Gasteiger charge is 2.48. The minimum atomic E-state index is -1.14. The predicted octanol–water partition coefficient (Wildman–Crippen LogP) is 7.92. The van der Waals surface area contributed by atoms with Crippen LogP contribution >= 0.6 is 0 Å². The highest BCUT2D eigenvalue weighted by atomic mass is 16.5. The molecule has 63 heavy (non-hydrogen) atoms. The van der Waals surface area contributed by atoms with Gasteiger partial charge in [-0.2, -0.15) is 0 Å². The summed E-state index contributed by atoms with van der Waals surface area (Å²) in [5.41, 5.74) is -0.139. The van der Waals surface area contributed by atoms with Crippen LogP contribution in [0.25, 0.3) is 10.8 Å². The molecule has 0 radical (unpaired) electrons. The number of benzene rings is 6. The Morgan fingerprint density at radius 1 is 0.508 bits per heavy atom. The van der Waals surface area contributed by atoms with E-state index in [4.69, 9.17) is 14.2 Å². The van der Waals surface area contributed by atoms with E-state index in [1.165, 1.54) is 48.5 Å². The first-order chi connectivity index (χ1) is 30.4. The van der Waals surface area contributed by atoms with Gasteiger partial charge in [0.15, 0.2) is 0 Å². The van der Waals surface area contributed by atoms with Gasteiger partial charge < -0.3 is 19.5 Å². The van der Waals surface area contributed by atoms with Gasteiger partial charge in [-0.05, 0) is 127 Å². The molecule has 1 saturated heterocycles. The van der Waals surface area contributed by atoms with Crippen LogP contribution in [0.2, 0.25) is 0 Å². The van der Waals surface area contributed by atoms with E-state index >= 15 is 0 Å². The summed E-state index contributed by atoms with van der Waals surface area (Å²) >= 11 is 0. The van der Waals surface area contributed by atoms with Crippen LogP contribution in [0.4, 0.5) is 11.4 Å². The number of allylic oxidation sites excluding steroid dienone is 2. The largest absolute Gasteiger partial charge is 0.497 e. The van der Waals surface area contributed by atoms with Gasteiger partial charge in [0.1, 0.15) is 17.2 Å². The molecule has 1 heterocycles. The highest BCUT2D eigenvalue weighted by Crippen LogP contribution is 2.38. The molecule has 1 fully saturated rings. The Bertz CT molecular complexity index is 2910. The van der Waals surface area contributed by atoms with Crippen LogP contribution < -0.4 is 24.4 Å². The van der Waals surface area contributed by atoms with Crippen molar-refractivity contribution in [1.29, 1.82) is 0 Å². The summed E-state index contributed by atoms with van der Waals surface area (Å²) in [7, 11) is 3.30. The Morgan fingerprint density at radius 3 is 1.56 bits per heavy atom. The number of nitrogens with one attached hydrogen (secondary N) is 1. The summed E-state index contributed by atoms with van der Waals surface area (Å²) in [6.45, 7) is 0. The topological polar surface area (TPSA) is 180 Å². The molecule has 8 rings (SSSR count). The van der Waals surface area contributed by atoms with E-state index in [0.717, 1.165) is 39.6 Å². The second-order valence-corrected chi connectivity index (χ2v) is 14.8. The van der Waals surface area contributed by atoms with Crippen molar-refractivity contribution >= 4 is 69.0 Å². The third-order valence-electron chi connectivity index (χ3n) is 10.9. The molecule has 13 heteroatoms. The predicted molar refractivity (Wildman–Crippen MR) is 231 cm³/mol. The minimum Gasteiger partial charge on any atom is -0.497 e. The maximum atomic E-state index is 14.0. The van der Waals surface area contributed by atoms with Crippen LogP contribution in [0.3, 0.4) is 0 Å². The molecule has 1 aliphatic heterocycles. The van der Waals surface area contributed by atoms with Crippen LogP contribution in [-0.2, 0) is 9.59 Å². The molecule has 0 bridgehead atoms. The molecule has 312 valence electrons. The molecule has 0 spiro atoms. The SMILES string of the molecule is CNc1ccc(OC(=O)c2cccc(C(=O)C(=O)c3cc(C(=O)C(=O)c4ccc(OC(=O)c5ccc6cc(OC)ccc6c5)cc4)cc(N4C(=O)C5CC=CCC5C4=O)c3)c2)cc1. The van der Waals surface area contributed by atoms with E-state index in [2.05, 4.69) is 5.32 Å². The average molecular weight is 841 g/mol. The number of carbonyl (C=O) groups is 8. The zero-order valence-corrected chi connectivity index (χ0v) is 33.8. The van der Waals surface area contributed by atoms with Crippen LogP contribution in [0, 0.1) is 11.8 Å². The Kier molecular flexibility index (Phi) is 11.4. The number of amides is 2. The smallest absolute Gasteiger partial charge is 0.343 e. The van der Waals surface area contributed by atoms with Crippen molar-refractivity contribution < 1.29 is 52.6 Å². The van der Waals surface area contributed by atoms with Crippen LogP contribution in [0.1, 0.15) is 75.0 Å². The lowest BCUT2D eigenvalue weighted by Gasteiger charge is -2.17. The van der Waals surface area contributed by atoms with E-state index in [9.17, 15) is 38.4 Å². The van der Waals surface area contributed by atoms with E-state index < -0.39 is 58.7 Å². The first-order valence-corrected chi connectivity index (χ1v) is 19.8. The normalized spacial score (nSPS) is 15.4. The van der Waals surface area contributed by atoms with E-state index in [-0.39, 0.29) is 50.6 Å². The first-order valence-electron chi connectivity index (χ1n) is 19.8. The van der Waals surface area contributed by atoms with Gasteiger partial charge in [-0.1, -0.05) is 36.4 Å². The zero-order valence-electron chi connectivity index (χ0n) is 33.8. The van der Waals surface area contributed by atoms with Gasteiger partial charge in [-0.25, -0.2) is 14.5 Å². The molecule has 13 nitrogen and oxygen atoms in total. The Balaban J connectivity index is 1.05. The molecule has 2 aliphatic rings. The number of methoxy groups -OCH3 is 1. The number of anilines is 2. The number of carbonyl (C=O) groups excluding carboxylic acids is 8. The number of ether oxygens (including phenoxy) is 3. The van der Waals surface area contributed by atoms with Crippen LogP contribution in [0.5, 0.6) is 17.2 Å². The molecule has 0 aromatic heterocycles. The number of nitrogens with zero attached hydrogens (tertiary/aromatic N) is 1. The molecule has 2 unspecified atom stereocenters. The van der Waals surface area contributed by atoms with Crippen molar-refractivity contribution in [1.82, 2.24) is 0 Å². The second kappa shape index (κ2) is 17.3. The number of rotatable bonds is 13. The third-order valence-corrected chi connectivity index (χ3v) is 10.9. The molecule has 6 aromatic rings. The number of imide groups is 1. The van der Waals surface area contributed by atoms with Gasteiger partial charge in [-0.3, -0.25) is 28.8 Å². The molecular weight excluding hydrogens is 805 g/mol. The summed E-state index contributed by atoms with van der Waals surface area (Å²) in [6, 6.07) is 31.0.